The second-order valence-electron chi connectivity index (χ2n) is 3.64. The second kappa shape index (κ2) is 3.00. The Labute approximate surface area is 91.6 Å². The van der Waals surface area contributed by atoms with Crippen molar-refractivity contribution in [2.75, 3.05) is 6.54 Å². The Hall–Kier alpha value is -1.48. The molecule has 0 saturated carbocycles. The lowest BCUT2D eigenvalue weighted by atomic mass is 10.2. The van der Waals surface area contributed by atoms with Crippen LogP contribution in [0.25, 0.3) is 10.9 Å². The highest BCUT2D eigenvalue weighted by Crippen LogP contribution is 2.24. The van der Waals surface area contributed by atoms with Crippen LogP contribution in [-0.4, -0.2) is 17.0 Å². The van der Waals surface area contributed by atoms with Crippen molar-refractivity contribution in [1.29, 1.82) is 0 Å². The van der Waals surface area contributed by atoms with Crippen LogP contribution in [0, 0.1) is 0 Å². The van der Waals surface area contributed by atoms with Crippen molar-refractivity contribution in [1.82, 2.24) is 9.88 Å². The maximum Gasteiger partial charge on any atom is 0.268 e. The zero-order valence-electron chi connectivity index (χ0n) is 7.96. The highest BCUT2D eigenvalue weighted by Gasteiger charge is 2.18. The normalized spacial score (nSPS) is 15.1. The second-order valence-corrected chi connectivity index (χ2v) is 4.08. The third-order valence-electron chi connectivity index (χ3n) is 2.72. The van der Waals surface area contributed by atoms with E-state index in [-0.39, 0.29) is 5.91 Å². The van der Waals surface area contributed by atoms with Crippen LogP contribution >= 0.6 is 11.6 Å². The van der Waals surface area contributed by atoms with Gasteiger partial charge in [-0.05, 0) is 24.3 Å². The average Bonchev–Trinajstić information content (AvgIpc) is 2.57. The molecule has 15 heavy (non-hydrogen) atoms. The van der Waals surface area contributed by atoms with Crippen LogP contribution in [0.3, 0.4) is 0 Å². The Bertz CT molecular complexity index is 559. The first-order valence-corrected chi connectivity index (χ1v) is 5.20. The average molecular weight is 221 g/mol. The first-order valence-electron chi connectivity index (χ1n) is 4.83. The van der Waals surface area contributed by atoms with Gasteiger partial charge in [0, 0.05) is 29.0 Å². The quantitative estimate of drug-likeness (QED) is 0.724. The van der Waals surface area contributed by atoms with Crippen LogP contribution in [0.5, 0.6) is 0 Å². The summed E-state index contributed by atoms with van der Waals surface area (Å²) in [5, 5.41) is 4.54. The number of nitrogens with zero attached hydrogens (tertiary/aromatic N) is 1. The Morgan fingerprint density at radius 3 is 3.07 bits per heavy atom. The minimum Gasteiger partial charge on any atom is -0.349 e. The summed E-state index contributed by atoms with van der Waals surface area (Å²) >= 11 is 5.91. The minimum absolute atomic E-state index is 0.00595. The van der Waals surface area contributed by atoms with E-state index in [0.29, 0.717) is 11.6 Å². The highest BCUT2D eigenvalue weighted by molar-refractivity contribution is 6.31. The van der Waals surface area contributed by atoms with Gasteiger partial charge < -0.3 is 9.88 Å². The van der Waals surface area contributed by atoms with Crippen LogP contribution in [0.2, 0.25) is 5.02 Å². The van der Waals surface area contributed by atoms with E-state index >= 15 is 0 Å². The van der Waals surface area contributed by atoms with Gasteiger partial charge in [0.25, 0.3) is 5.91 Å². The number of hydrogen-bond acceptors (Lipinski definition) is 1. The largest absolute Gasteiger partial charge is 0.349 e. The van der Waals surface area contributed by atoms with Crippen LogP contribution in [-0.2, 0) is 6.54 Å². The van der Waals surface area contributed by atoms with Crippen LogP contribution in [0.4, 0.5) is 0 Å². The molecule has 0 aliphatic carbocycles. The summed E-state index contributed by atoms with van der Waals surface area (Å²) in [5.74, 6) is -0.00595. The molecular formula is C11H9ClN2O. The molecular weight excluding hydrogens is 212 g/mol. The molecule has 1 amide bonds. The molecule has 3 nitrogen and oxygen atoms in total. The molecule has 2 aromatic rings. The molecule has 1 aromatic carbocycles. The van der Waals surface area contributed by atoms with E-state index in [1.54, 1.807) is 0 Å². The number of amides is 1. The fraction of sp³-hybridized carbons (Fsp3) is 0.182. The summed E-state index contributed by atoms with van der Waals surface area (Å²) in [6, 6.07) is 7.58. The van der Waals surface area contributed by atoms with Crippen molar-refractivity contribution in [2.24, 2.45) is 0 Å². The molecule has 0 radical (unpaired) electrons. The number of carbonyl (C=O) groups excluding carboxylic acids is 1. The lowest BCUT2D eigenvalue weighted by Gasteiger charge is -2.16. The number of nitrogens with one attached hydrogen (secondary N) is 1. The predicted octanol–water partition coefficient (Wildman–Crippen LogP) is 2.04. The number of aromatic nitrogens is 1. The van der Waals surface area contributed by atoms with Crippen molar-refractivity contribution in [3.8, 4) is 0 Å². The highest BCUT2D eigenvalue weighted by atomic mass is 35.5. The number of hydrogen-bond donors (Lipinski definition) is 1. The predicted molar refractivity (Wildman–Crippen MR) is 59.3 cm³/mol. The van der Waals surface area contributed by atoms with E-state index < -0.39 is 0 Å². The molecule has 1 aliphatic rings. The van der Waals surface area contributed by atoms with Gasteiger partial charge >= 0.3 is 0 Å². The Morgan fingerprint density at radius 1 is 1.33 bits per heavy atom. The van der Waals surface area contributed by atoms with Crippen molar-refractivity contribution >= 4 is 28.4 Å². The topological polar surface area (TPSA) is 34.0 Å². The summed E-state index contributed by atoms with van der Waals surface area (Å²) in [5.41, 5.74) is 1.79. The van der Waals surface area contributed by atoms with Gasteiger partial charge in [-0.15, -0.1) is 0 Å². The van der Waals surface area contributed by atoms with E-state index in [1.165, 1.54) is 0 Å². The van der Waals surface area contributed by atoms with Gasteiger partial charge in [0.15, 0.2) is 0 Å². The van der Waals surface area contributed by atoms with Gasteiger partial charge in [-0.25, -0.2) is 0 Å². The Balaban J connectivity index is 2.35. The lowest BCUT2D eigenvalue weighted by Crippen LogP contribution is -2.34. The van der Waals surface area contributed by atoms with Gasteiger partial charge in [-0.1, -0.05) is 11.6 Å². The number of benzene rings is 1. The van der Waals surface area contributed by atoms with E-state index in [9.17, 15) is 4.79 Å². The third kappa shape index (κ3) is 1.23. The monoisotopic (exact) mass is 220 g/mol. The van der Waals surface area contributed by atoms with Gasteiger partial charge in [0.2, 0.25) is 0 Å². The smallest absolute Gasteiger partial charge is 0.268 e. The summed E-state index contributed by atoms with van der Waals surface area (Å²) in [4.78, 5) is 11.6. The maximum atomic E-state index is 11.6. The van der Waals surface area contributed by atoms with E-state index in [1.807, 2.05) is 28.8 Å². The van der Waals surface area contributed by atoms with Gasteiger partial charge in [-0.2, -0.15) is 0 Å². The number of halogens is 1. The van der Waals surface area contributed by atoms with Crippen molar-refractivity contribution in [3.63, 3.8) is 0 Å². The Kier molecular flexibility index (Phi) is 1.76. The molecule has 0 unspecified atom stereocenters. The first-order chi connectivity index (χ1) is 7.25. The molecule has 3 rings (SSSR count). The number of rotatable bonds is 0. The van der Waals surface area contributed by atoms with E-state index in [2.05, 4.69) is 5.32 Å². The standard InChI is InChI=1S/C11H9ClN2O/c12-8-1-2-9-7(5-8)6-10-11(15)13-3-4-14(9)10/h1-2,5-6H,3-4H2,(H,13,15). The maximum absolute atomic E-state index is 11.6. The fourth-order valence-corrected chi connectivity index (χ4v) is 2.22. The zero-order chi connectivity index (χ0) is 10.4. The SMILES string of the molecule is O=C1NCCn2c1cc1cc(Cl)ccc12. The van der Waals surface area contributed by atoms with Gasteiger partial charge in [0.1, 0.15) is 5.69 Å². The lowest BCUT2D eigenvalue weighted by molar-refractivity contribution is 0.0929. The van der Waals surface area contributed by atoms with E-state index in [4.69, 9.17) is 11.6 Å². The molecule has 1 aliphatic heterocycles. The number of fused-ring (bicyclic) bond motifs is 3. The zero-order valence-corrected chi connectivity index (χ0v) is 8.71. The molecule has 0 atom stereocenters. The van der Waals surface area contributed by atoms with Crippen molar-refractivity contribution in [3.05, 3.63) is 35.0 Å². The van der Waals surface area contributed by atoms with Crippen molar-refractivity contribution < 1.29 is 4.79 Å². The summed E-state index contributed by atoms with van der Waals surface area (Å²) < 4.78 is 2.03. The molecule has 0 bridgehead atoms. The summed E-state index contributed by atoms with van der Waals surface area (Å²) in [6.07, 6.45) is 0. The van der Waals surface area contributed by atoms with Crippen LogP contribution in [0.1, 0.15) is 10.5 Å². The summed E-state index contributed by atoms with van der Waals surface area (Å²) in [7, 11) is 0. The van der Waals surface area contributed by atoms with Gasteiger partial charge in [0.05, 0.1) is 0 Å². The molecule has 4 heteroatoms. The molecule has 1 N–H and O–H groups in total. The molecule has 1 aromatic heterocycles. The van der Waals surface area contributed by atoms with Crippen LogP contribution < -0.4 is 5.32 Å². The van der Waals surface area contributed by atoms with Gasteiger partial charge in [-0.3, -0.25) is 4.79 Å². The number of carbonyl (C=O) groups is 1. The Morgan fingerprint density at radius 2 is 2.20 bits per heavy atom. The van der Waals surface area contributed by atoms with E-state index in [0.717, 1.165) is 23.1 Å². The first kappa shape index (κ1) is 8.80. The minimum atomic E-state index is -0.00595. The van der Waals surface area contributed by atoms with Crippen LogP contribution in [0.15, 0.2) is 24.3 Å². The molecule has 0 saturated heterocycles. The molecule has 76 valence electrons. The third-order valence-corrected chi connectivity index (χ3v) is 2.95. The molecule has 2 heterocycles. The van der Waals surface area contributed by atoms with Crippen molar-refractivity contribution in [2.45, 2.75) is 6.54 Å². The fourth-order valence-electron chi connectivity index (χ4n) is 2.04. The molecule has 0 spiro atoms. The summed E-state index contributed by atoms with van der Waals surface area (Å²) in [6.45, 7) is 1.52. The molecule has 0 fully saturated rings.